The summed E-state index contributed by atoms with van der Waals surface area (Å²) < 4.78 is 84.2. The number of halogens is 6. The van der Waals surface area contributed by atoms with Crippen molar-refractivity contribution in [1.82, 2.24) is 10.3 Å². The second-order valence-corrected chi connectivity index (χ2v) is 6.99. The summed E-state index contributed by atoms with van der Waals surface area (Å²) >= 11 is 0. The van der Waals surface area contributed by atoms with Crippen molar-refractivity contribution in [2.24, 2.45) is 5.92 Å². The van der Waals surface area contributed by atoms with Crippen LogP contribution in [0.3, 0.4) is 0 Å². The van der Waals surface area contributed by atoms with E-state index in [-0.39, 0.29) is 17.9 Å². The zero-order valence-electron chi connectivity index (χ0n) is 15.6. The van der Waals surface area contributed by atoms with E-state index in [4.69, 9.17) is 4.74 Å². The van der Waals surface area contributed by atoms with E-state index in [1.807, 2.05) is 0 Å². The van der Waals surface area contributed by atoms with Crippen LogP contribution in [0.5, 0.6) is 0 Å². The van der Waals surface area contributed by atoms with E-state index in [1.165, 1.54) is 0 Å². The molecule has 1 unspecified atom stereocenters. The van der Waals surface area contributed by atoms with E-state index in [0.717, 1.165) is 42.6 Å². The van der Waals surface area contributed by atoms with Gasteiger partial charge >= 0.3 is 12.4 Å². The fourth-order valence-corrected chi connectivity index (χ4v) is 3.29. The Morgan fingerprint density at radius 3 is 2.37 bits per heavy atom. The summed E-state index contributed by atoms with van der Waals surface area (Å²) in [5.41, 5.74) is -2.44. The van der Waals surface area contributed by atoms with Crippen LogP contribution in [0.15, 0.2) is 42.6 Å². The van der Waals surface area contributed by atoms with Crippen molar-refractivity contribution < 1.29 is 35.9 Å². The van der Waals surface area contributed by atoms with Crippen molar-refractivity contribution in [3.8, 4) is 0 Å². The highest BCUT2D eigenvalue weighted by atomic mass is 19.4. The zero-order chi connectivity index (χ0) is 21.9. The highest BCUT2D eigenvalue weighted by Gasteiger charge is 2.37. The number of rotatable bonds is 5. The normalized spacial score (nSPS) is 18.3. The molecule has 0 saturated carbocycles. The van der Waals surface area contributed by atoms with Gasteiger partial charge in [0.05, 0.1) is 22.9 Å². The predicted molar refractivity (Wildman–Crippen MR) is 94.2 cm³/mol. The molecule has 1 aromatic carbocycles. The van der Waals surface area contributed by atoms with Crippen molar-refractivity contribution in [2.75, 3.05) is 13.2 Å². The lowest BCUT2D eigenvalue weighted by molar-refractivity contribution is -0.139. The number of aromatic nitrogens is 1. The molecule has 2 aromatic rings. The van der Waals surface area contributed by atoms with Crippen LogP contribution in [0.1, 0.15) is 41.3 Å². The molecule has 2 heterocycles. The van der Waals surface area contributed by atoms with E-state index in [0.29, 0.717) is 19.6 Å². The molecule has 0 spiro atoms. The Labute approximate surface area is 168 Å². The van der Waals surface area contributed by atoms with Crippen LogP contribution >= 0.6 is 0 Å². The van der Waals surface area contributed by atoms with Gasteiger partial charge in [-0.2, -0.15) is 26.3 Å². The van der Waals surface area contributed by atoms with Gasteiger partial charge in [0.15, 0.2) is 0 Å². The third-order valence-corrected chi connectivity index (χ3v) is 4.79. The van der Waals surface area contributed by atoms with Crippen molar-refractivity contribution >= 4 is 5.91 Å². The highest BCUT2D eigenvalue weighted by Crippen LogP contribution is 2.36. The third kappa shape index (κ3) is 5.29. The molecule has 1 aromatic heterocycles. The lowest BCUT2D eigenvalue weighted by Gasteiger charge is -2.23. The monoisotopic (exact) mass is 432 g/mol. The van der Waals surface area contributed by atoms with Gasteiger partial charge in [-0.15, -0.1) is 0 Å². The Kier molecular flexibility index (Phi) is 6.35. The van der Waals surface area contributed by atoms with E-state index in [2.05, 4.69) is 10.3 Å². The minimum atomic E-state index is -4.75. The number of amides is 1. The van der Waals surface area contributed by atoms with Gasteiger partial charge in [0.1, 0.15) is 0 Å². The molecule has 30 heavy (non-hydrogen) atoms. The van der Waals surface area contributed by atoms with Crippen LogP contribution in [0.25, 0.3) is 0 Å². The molecule has 1 aliphatic heterocycles. The fraction of sp³-hybridized carbons (Fsp3) is 0.400. The maximum atomic E-state index is 13.5. The summed E-state index contributed by atoms with van der Waals surface area (Å²) in [6.07, 6.45) is -7.53. The van der Waals surface area contributed by atoms with Crippen LogP contribution in [0, 0.1) is 5.92 Å². The number of carbonyl (C=O) groups excluding carboxylic acids is 1. The van der Waals surface area contributed by atoms with Crippen molar-refractivity contribution in [3.05, 3.63) is 65.0 Å². The standard InChI is InChI=1S/C20H18F6N2O2/c21-19(22,23)14-5-3-13(4-6-14)17(28-16(29)10-12-7-9-30-11-12)18-15(20(24,25)26)2-1-8-27-18/h1-6,8,12,17H,7,9-11H2,(H,28,29)/t12?,17-/m0/s1. The summed E-state index contributed by atoms with van der Waals surface area (Å²) in [6, 6.07) is 4.16. The number of nitrogens with one attached hydrogen (secondary N) is 1. The largest absolute Gasteiger partial charge is 0.418 e. The molecule has 4 nitrogen and oxygen atoms in total. The van der Waals surface area contributed by atoms with Gasteiger partial charge in [-0.3, -0.25) is 9.78 Å². The SMILES string of the molecule is O=C(CC1CCOC1)N[C@@H](c1ccc(C(F)(F)F)cc1)c1ncccc1C(F)(F)F. The van der Waals surface area contributed by atoms with Gasteiger partial charge in [0.2, 0.25) is 5.91 Å². The number of alkyl halides is 6. The molecule has 162 valence electrons. The number of carbonyl (C=O) groups is 1. The van der Waals surface area contributed by atoms with E-state index in [1.54, 1.807) is 0 Å². The summed E-state index contributed by atoms with van der Waals surface area (Å²) in [5.74, 6) is -0.599. The topological polar surface area (TPSA) is 51.2 Å². The van der Waals surface area contributed by atoms with Gasteiger partial charge in [-0.25, -0.2) is 0 Å². The minimum absolute atomic E-state index is 0.0331. The van der Waals surface area contributed by atoms with Crippen molar-refractivity contribution in [3.63, 3.8) is 0 Å². The van der Waals surface area contributed by atoms with E-state index >= 15 is 0 Å². The first kappa shape index (κ1) is 22.1. The Morgan fingerprint density at radius 1 is 1.10 bits per heavy atom. The first-order valence-electron chi connectivity index (χ1n) is 9.12. The van der Waals surface area contributed by atoms with E-state index in [9.17, 15) is 31.1 Å². The zero-order valence-corrected chi connectivity index (χ0v) is 15.6. The molecule has 1 fully saturated rings. The Balaban J connectivity index is 1.96. The second-order valence-electron chi connectivity index (χ2n) is 6.99. The first-order chi connectivity index (χ1) is 14.1. The number of ether oxygens (including phenoxy) is 1. The smallest absolute Gasteiger partial charge is 0.381 e. The number of nitrogens with zero attached hydrogens (tertiary/aromatic N) is 1. The molecule has 0 bridgehead atoms. The van der Waals surface area contributed by atoms with Crippen LogP contribution in [0.4, 0.5) is 26.3 Å². The van der Waals surface area contributed by atoms with E-state index < -0.39 is 41.1 Å². The first-order valence-corrected chi connectivity index (χ1v) is 9.12. The fourth-order valence-electron chi connectivity index (χ4n) is 3.29. The molecule has 2 atom stereocenters. The highest BCUT2D eigenvalue weighted by molar-refractivity contribution is 5.77. The minimum Gasteiger partial charge on any atom is -0.381 e. The number of hydrogen-bond donors (Lipinski definition) is 1. The Morgan fingerprint density at radius 2 is 1.80 bits per heavy atom. The maximum Gasteiger partial charge on any atom is 0.418 e. The Hall–Kier alpha value is -2.62. The van der Waals surface area contributed by atoms with Gasteiger partial charge in [-0.05, 0) is 42.2 Å². The summed E-state index contributed by atoms with van der Waals surface area (Å²) in [4.78, 5) is 16.3. The molecule has 1 aliphatic rings. The van der Waals surface area contributed by atoms with Crippen LogP contribution < -0.4 is 5.32 Å². The maximum absolute atomic E-state index is 13.5. The molecular formula is C20H18F6N2O2. The molecule has 10 heteroatoms. The van der Waals surface area contributed by atoms with Gasteiger partial charge in [0.25, 0.3) is 0 Å². The quantitative estimate of drug-likeness (QED) is 0.694. The van der Waals surface area contributed by atoms with Gasteiger partial charge in [0, 0.05) is 25.8 Å². The molecule has 1 amide bonds. The van der Waals surface area contributed by atoms with Gasteiger partial charge < -0.3 is 10.1 Å². The molecule has 0 aliphatic carbocycles. The molecule has 3 rings (SSSR count). The van der Waals surface area contributed by atoms with Crippen molar-refractivity contribution in [1.29, 1.82) is 0 Å². The summed E-state index contributed by atoms with van der Waals surface area (Å²) in [7, 11) is 0. The Bertz CT molecular complexity index is 874. The second kappa shape index (κ2) is 8.63. The average Bonchev–Trinajstić information content (AvgIpc) is 3.18. The number of benzene rings is 1. The summed E-state index contributed by atoms with van der Waals surface area (Å²) in [6.45, 7) is 0.870. The van der Waals surface area contributed by atoms with Gasteiger partial charge in [-0.1, -0.05) is 12.1 Å². The molecule has 1 N–H and O–H groups in total. The lowest BCUT2D eigenvalue weighted by atomic mass is 9.96. The molecule has 0 radical (unpaired) electrons. The van der Waals surface area contributed by atoms with Crippen LogP contribution in [0.2, 0.25) is 0 Å². The number of hydrogen-bond acceptors (Lipinski definition) is 3. The number of pyridine rings is 1. The molecule has 1 saturated heterocycles. The van der Waals surface area contributed by atoms with Crippen molar-refractivity contribution in [2.45, 2.75) is 31.2 Å². The molecular weight excluding hydrogens is 414 g/mol. The average molecular weight is 432 g/mol. The predicted octanol–water partition coefficient (Wildman–Crippen LogP) is 4.75. The van der Waals surface area contributed by atoms with Crippen LogP contribution in [-0.4, -0.2) is 24.1 Å². The lowest BCUT2D eigenvalue weighted by Crippen LogP contribution is -2.33. The summed E-state index contributed by atoms with van der Waals surface area (Å²) in [5, 5.41) is 2.51. The van der Waals surface area contributed by atoms with Crippen LogP contribution in [-0.2, 0) is 21.9 Å². The third-order valence-electron chi connectivity index (χ3n) is 4.79.